The standard InChI is InChI=1S/C23H23F5.C23H28F2O.C19H24F4O/c1-2-3-12-4-13-6-15(7-14(13)5-12)16-8-18(24)22(19(25)9-16)17-10-20(26)23(28)21(27)11-17;1-3-5-16-6-8-17(9-7-16)18-10-12-19(13-11-18)20-14-15-21(26-4-2)23(25)22(20)24;1-3-5-10-8-11-9-13(17(21)15(11)16(10)20)12-6-7-14(24-4-2)19(23)18(12)22/h8-15H,2-7H2,1H3;10-17H,3-9H2,1-2H3;6-7,10-11,13,15-17H,3-5,8-9H2,1-2H3. The molecular formula is C65H75F11O2. The molecule has 5 saturated carbocycles. The summed E-state index contributed by atoms with van der Waals surface area (Å²) >= 11 is 0. The fraction of sp³-hybridized carbons (Fsp3) is 0.538. The molecule has 5 fully saturated rings. The van der Waals surface area contributed by atoms with Crippen LogP contribution < -0.4 is 9.47 Å². The van der Waals surface area contributed by atoms with Crippen LogP contribution in [0.15, 0.2) is 72.8 Å². The van der Waals surface area contributed by atoms with Gasteiger partial charge in [-0.2, -0.15) is 8.78 Å². The highest BCUT2D eigenvalue weighted by molar-refractivity contribution is 5.67. The van der Waals surface area contributed by atoms with E-state index in [0.29, 0.717) is 60.5 Å². The summed E-state index contributed by atoms with van der Waals surface area (Å²) in [5, 5.41) is 0. The van der Waals surface area contributed by atoms with Crippen LogP contribution in [0.25, 0.3) is 22.3 Å². The molecule has 10 rings (SSSR count). The average molecular weight is 1100 g/mol. The third kappa shape index (κ3) is 12.9. The van der Waals surface area contributed by atoms with Crippen LogP contribution in [0.3, 0.4) is 0 Å². The van der Waals surface area contributed by atoms with Gasteiger partial charge < -0.3 is 9.47 Å². The van der Waals surface area contributed by atoms with E-state index in [1.54, 1.807) is 19.9 Å². The minimum atomic E-state index is -1.65. The van der Waals surface area contributed by atoms with Crippen LogP contribution in [0.4, 0.5) is 48.3 Å². The Morgan fingerprint density at radius 1 is 0.436 bits per heavy atom. The summed E-state index contributed by atoms with van der Waals surface area (Å²) in [6.07, 6.45) is 14.4. The summed E-state index contributed by atoms with van der Waals surface area (Å²) in [4.78, 5) is 0. The third-order valence-corrected chi connectivity index (χ3v) is 17.9. The molecule has 5 aliphatic carbocycles. The summed E-state index contributed by atoms with van der Waals surface area (Å²) < 4.78 is 166. The maximum absolute atomic E-state index is 14.9. The molecule has 0 radical (unpaired) electrons. The molecule has 5 aliphatic rings. The zero-order valence-corrected chi connectivity index (χ0v) is 45.6. The molecule has 0 saturated heterocycles. The van der Waals surface area contributed by atoms with Crippen molar-refractivity contribution in [3.05, 3.63) is 142 Å². The number of hydrogen-bond donors (Lipinski definition) is 0. The fourth-order valence-electron chi connectivity index (χ4n) is 14.3. The van der Waals surface area contributed by atoms with E-state index in [2.05, 4.69) is 26.0 Å². The fourth-order valence-corrected chi connectivity index (χ4v) is 14.3. The Hall–Kier alpha value is -5.07. The van der Waals surface area contributed by atoms with E-state index in [1.807, 2.05) is 19.1 Å². The predicted molar refractivity (Wildman–Crippen MR) is 285 cm³/mol. The average Bonchev–Trinajstić information content (AvgIpc) is 4.18. The third-order valence-electron chi connectivity index (χ3n) is 17.9. The number of alkyl halides is 2. The van der Waals surface area contributed by atoms with Gasteiger partial charge >= 0.3 is 0 Å². The van der Waals surface area contributed by atoms with Gasteiger partial charge in [0, 0.05) is 17.4 Å². The quantitative estimate of drug-likeness (QED) is 0.0768. The summed E-state index contributed by atoms with van der Waals surface area (Å²) in [6, 6.07) is 17.6. The number of fused-ring (bicyclic) bond motifs is 2. The molecule has 5 aromatic carbocycles. The number of halogens is 11. The first-order chi connectivity index (χ1) is 37.5. The van der Waals surface area contributed by atoms with Crippen molar-refractivity contribution in [3.63, 3.8) is 0 Å². The van der Waals surface area contributed by atoms with Gasteiger partial charge in [0.05, 0.1) is 18.8 Å². The SMILES string of the molecule is CCCC1CC2CC(c3cc(F)c(-c4cc(F)c(F)c(F)c4)c(F)c3)CC2C1.CCCC1CC2CC(c3ccc(OCC)c(F)c3F)C(F)C2C1F.CCCC1CCC(c2ccc(-c3ccc(OCC)c(F)c3F)cc2)CC1. The van der Waals surface area contributed by atoms with Gasteiger partial charge in [-0.05, 0) is 202 Å². The first-order valence-corrected chi connectivity index (χ1v) is 28.7. The Balaban J connectivity index is 0.000000155. The van der Waals surface area contributed by atoms with Crippen LogP contribution in [0.5, 0.6) is 11.5 Å². The molecule has 0 N–H and O–H groups in total. The second-order valence-electron chi connectivity index (χ2n) is 22.8. The smallest absolute Gasteiger partial charge is 0.201 e. The minimum Gasteiger partial charge on any atom is -0.491 e. The van der Waals surface area contributed by atoms with E-state index in [0.717, 1.165) is 37.5 Å². The molecule has 0 heterocycles. The minimum absolute atomic E-state index is 0.0112. The van der Waals surface area contributed by atoms with Crippen LogP contribution in [0, 0.1) is 93.8 Å². The van der Waals surface area contributed by atoms with E-state index in [9.17, 15) is 48.3 Å². The maximum atomic E-state index is 14.9. The van der Waals surface area contributed by atoms with Crippen molar-refractivity contribution in [2.45, 2.75) is 167 Å². The lowest BCUT2D eigenvalue weighted by atomic mass is 9.77. The molecule has 0 spiro atoms. The Kier molecular flexibility index (Phi) is 20.0. The van der Waals surface area contributed by atoms with E-state index < -0.39 is 82.1 Å². The maximum Gasteiger partial charge on any atom is 0.201 e. The Morgan fingerprint density at radius 2 is 0.987 bits per heavy atom. The lowest BCUT2D eigenvalue weighted by Crippen LogP contribution is -2.26. The lowest BCUT2D eigenvalue weighted by molar-refractivity contribution is 0.124. The molecule has 78 heavy (non-hydrogen) atoms. The van der Waals surface area contributed by atoms with Crippen molar-refractivity contribution in [3.8, 4) is 33.8 Å². The van der Waals surface area contributed by atoms with Crippen LogP contribution in [0.2, 0.25) is 0 Å². The topological polar surface area (TPSA) is 18.5 Å². The number of ether oxygens (including phenoxy) is 2. The first kappa shape index (κ1) is 59.1. The van der Waals surface area contributed by atoms with Crippen molar-refractivity contribution in [1.29, 1.82) is 0 Å². The van der Waals surface area contributed by atoms with Crippen LogP contribution >= 0.6 is 0 Å². The second kappa shape index (κ2) is 26.5. The van der Waals surface area contributed by atoms with E-state index in [1.165, 1.54) is 100 Å². The molecule has 0 aromatic heterocycles. The number of benzene rings is 5. The molecule has 424 valence electrons. The molecule has 0 aliphatic heterocycles. The first-order valence-electron chi connectivity index (χ1n) is 28.7. The van der Waals surface area contributed by atoms with Gasteiger partial charge in [-0.1, -0.05) is 83.2 Å². The van der Waals surface area contributed by atoms with Gasteiger partial charge in [-0.25, -0.2) is 39.5 Å². The molecule has 8 atom stereocenters. The molecule has 0 bridgehead atoms. The molecule has 13 heteroatoms. The number of rotatable bonds is 15. The highest BCUT2D eigenvalue weighted by Gasteiger charge is 2.55. The zero-order chi connectivity index (χ0) is 55.9. The normalized spacial score (nSPS) is 27.1. The summed E-state index contributed by atoms with van der Waals surface area (Å²) in [5.74, 6) is -8.46. The largest absolute Gasteiger partial charge is 0.491 e. The van der Waals surface area contributed by atoms with E-state index in [4.69, 9.17) is 9.47 Å². The van der Waals surface area contributed by atoms with Crippen molar-refractivity contribution < 1.29 is 57.8 Å². The van der Waals surface area contributed by atoms with E-state index >= 15 is 0 Å². The van der Waals surface area contributed by atoms with Gasteiger partial charge in [0.1, 0.15) is 24.0 Å². The van der Waals surface area contributed by atoms with Crippen molar-refractivity contribution in [1.82, 2.24) is 0 Å². The summed E-state index contributed by atoms with van der Waals surface area (Å²) in [5.41, 5.74) is 2.04. The van der Waals surface area contributed by atoms with Gasteiger partial charge in [-0.15, -0.1) is 0 Å². The van der Waals surface area contributed by atoms with Crippen LogP contribution in [-0.2, 0) is 0 Å². The molecular weight excluding hydrogens is 1020 g/mol. The van der Waals surface area contributed by atoms with Crippen molar-refractivity contribution in [2.24, 2.45) is 41.4 Å². The predicted octanol–water partition coefficient (Wildman–Crippen LogP) is 20.1. The summed E-state index contributed by atoms with van der Waals surface area (Å²) in [7, 11) is 0. The molecule has 8 unspecified atom stereocenters. The van der Waals surface area contributed by atoms with Crippen LogP contribution in [-0.4, -0.2) is 25.6 Å². The highest BCUT2D eigenvalue weighted by atomic mass is 19.2. The van der Waals surface area contributed by atoms with Crippen LogP contribution in [0.1, 0.15) is 172 Å². The molecule has 0 amide bonds. The van der Waals surface area contributed by atoms with Crippen molar-refractivity contribution >= 4 is 0 Å². The lowest BCUT2D eigenvalue weighted by Gasteiger charge is -2.28. The van der Waals surface area contributed by atoms with Gasteiger partial charge in [-0.3, -0.25) is 0 Å². The Labute approximate surface area is 453 Å². The van der Waals surface area contributed by atoms with E-state index in [-0.39, 0.29) is 52.5 Å². The Bertz CT molecular complexity index is 2730. The number of hydrogen-bond acceptors (Lipinski definition) is 2. The highest BCUT2D eigenvalue weighted by Crippen LogP contribution is 2.57. The zero-order valence-electron chi connectivity index (χ0n) is 45.6. The second-order valence-corrected chi connectivity index (χ2v) is 22.8. The van der Waals surface area contributed by atoms with Gasteiger partial charge in [0.25, 0.3) is 0 Å². The van der Waals surface area contributed by atoms with Crippen molar-refractivity contribution in [2.75, 3.05) is 13.2 Å². The molecule has 5 aromatic rings. The van der Waals surface area contributed by atoms with Gasteiger partial charge in [0.15, 0.2) is 40.6 Å². The summed E-state index contributed by atoms with van der Waals surface area (Å²) in [6.45, 7) is 10.4. The Morgan fingerprint density at radius 3 is 1.54 bits per heavy atom. The molecule has 2 nitrogen and oxygen atoms in total. The van der Waals surface area contributed by atoms with Gasteiger partial charge in [0.2, 0.25) is 11.6 Å². The monoisotopic (exact) mass is 1100 g/mol.